The van der Waals surface area contributed by atoms with E-state index in [4.69, 9.17) is 5.73 Å². The second-order valence-electron chi connectivity index (χ2n) is 5.81. The molecule has 0 spiro atoms. The van der Waals surface area contributed by atoms with Crippen molar-refractivity contribution in [3.8, 4) is 0 Å². The first kappa shape index (κ1) is 14.5. The zero-order valence-electron chi connectivity index (χ0n) is 11.8. The van der Waals surface area contributed by atoms with Gasteiger partial charge < -0.3 is 5.73 Å². The molecular weight excluding hydrogens is 206 g/mol. The molecule has 0 saturated heterocycles. The molecule has 0 bridgehead atoms. The second kappa shape index (κ2) is 7.71. The average Bonchev–Trinajstić information content (AvgIpc) is 2.29. The van der Waals surface area contributed by atoms with Gasteiger partial charge in [0.25, 0.3) is 0 Å². The molecular formula is C16H29N. The van der Waals surface area contributed by atoms with Gasteiger partial charge in [-0.2, -0.15) is 0 Å². The van der Waals surface area contributed by atoms with E-state index in [0.29, 0.717) is 6.04 Å². The molecule has 17 heavy (non-hydrogen) atoms. The third kappa shape index (κ3) is 6.07. The first-order chi connectivity index (χ1) is 8.09. The summed E-state index contributed by atoms with van der Waals surface area (Å²) in [5.41, 5.74) is 9.16. The Bertz CT molecular complexity index is 265. The highest BCUT2D eigenvalue weighted by Crippen LogP contribution is 2.26. The van der Waals surface area contributed by atoms with E-state index in [1.54, 1.807) is 0 Å². The second-order valence-corrected chi connectivity index (χ2v) is 5.81. The predicted octanol–water partition coefficient (Wildman–Crippen LogP) is 4.59. The fraction of sp³-hybridized carbons (Fsp3) is 0.750. The van der Waals surface area contributed by atoms with E-state index in [-0.39, 0.29) is 0 Å². The van der Waals surface area contributed by atoms with Gasteiger partial charge in [0.15, 0.2) is 0 Å². The number of nitrogens with two attached hydrogens (primary N) is 1. The van der Waals surface area contributed by atoms with E-state index in [2.05, 4.69) is 32.9 Å². The van der Waals surface area contributed by atoms with Gasteiger partial charge in [-0.05, 0) is 52.4 Å². The molecule has 0 aromatic carbocycles. The van der Waals surface area contributed by atoms with Crippen LogP contribution in [0.25, 0.3) is 0 Å². The van der Waals surface area contributed by atoms with E-state index in [0.717, 1.165) is 18.8 Å². The van der Waals surface area contributed by atoms with Crippen LogP contribution in [0, 0.1) is 5.92 Å². The highest BCUT2D eigenvalue weighted by Gasteiger charge is 2.18. The van der Waals surface area contributed by atoms with Gasteiger partial charge in [-0.3, -0.25) is 0 Å². The van der Waals surface area contributed by atoms with Gasteiger partial charge in [0.1, 0.15) is 0 Å². The van der Waals surface area contributed by atoms with Crippen LogP contribution in [0.1, 0.15) is 65.7 Å². The largest absolute Gasteiger partial charge is 0.324 e. The Balaban J connectivity index is 2.35. The summed E-state index contributed by atoms with van der Waals surface area (Å²) in [7, 11) is 0. The maximum absolute atomic E-state index is 6.29. The van der Waals surface area contributed by atoms with Crippen molar-refractivity contribution < 1.29 is 0 Å². The fourth-order valence-corrected chi connectivity index (χ4v) is 2.66. The molecule has 2 N–H and O–H groups in total. The van der Waals surface area contributed by atoms with Crippen LogP contribution in [0.3, 0.4) is 0 Å². The molecule has 0 aromatic heterocycles. The Kier molecular flexibility index (Phi) is 6.57. The first-order valence-corrected chi connectivity index (χ1v) is 7.16. The lowest BCUT2D eigenvalue weighted by atomic mass is 9.83. The zero-order valence-corrected chi connectivity index (χ0v) is 11.8. The van der Waals surface area contributed by atoms with E-state index >= 15 is 0 Å². The summed E-state index contributed by atoms with van der Waals surface area (Å²) in [5, 5.41) is 0. The van der Waals surface area contributed by atoms with Crippen LogP contribution in [0.2, 0.25) is 0 Å². The molecule has 1 rings (SSSR count). The van der Waals surface area contributed by atoms with Crippen molar-refractivity contribution in [3.63, 3.8) is 0 Å². The Hall–Kier alpha value is -0.560. The van der Waals surface area contributed by atoms with Gasteiger partial charge in [0.2, 0.25) is 0 Å². The van der Waals surface area contributed by atoms with Crippen molar-refractivity contribution in [2.75, 3.05) is 0 Å². The molecule has 0 aliphatic heterocycles. The number of hydrogen-bond acceptors (Lipinski definition) is 1. The van der Waals surface area contributed by atoms with Crippen LogP contribution < -0.4 is 5.73 Å². The van der Waals surface area contributed by atoms with Crippen molar-refractivity contribution in [1.82, 2.24) is 0 Å². The fourth-order valence-electron chi connectivity index (χ4n) is 2.66. The highest BCUT2D eigenvalue weighted by molar-refractivity contribution is 5.07. The maximum Gasteiger partial charge on any atom is 0.0254 e. The SMILES string of the molecule is CC(C)=CCC/C(C)=C/C(N)C1CCCCC1. The summed E-state index contributed by atoms with van der Waals surface area (Å²) in [4.78, 5) is 0. The smallest absolute Gasteiger partial charge is 0.0254 e. The summed E-state index contributed by atoms with van der Waals surface area (Å²) in [6.07, 6.45) is 13.8. The molecule has 0 aromatic rings. The summed E-state index contributed by atoms with van der Waals surface area (Å²) >= 11 is 0. The molecule has 1 aliphatic rings. The lowest BCUT2D eigenvalue weighted by Crippen LogP contribution is -2.29. The molecule has 1 aliphatic carbocycles. The molecule has 1 nitrogen and oxygen atoms in total. The quantitative estimate of drug-likeness (QED) is 0.693. The predicted molar refractivity (Wildman–Crippen MR) is 77.0 cm³/mol. The number of rotatable bonds is 5. The van der Waals surface area contributed by atoms with E-state index in [1.807, 2.05) is 0 Å². The summed E-state index contributed by atoms with van der Waals surface area (Å²) in [6.45, 7) is 6.54. The van der Waals surface area contributed by atoms with Crippen molar-refractivity contribution in [3.05, 3.63) is 23.3 Å². The zero-order chi connectivity index (χ0) is 12.7. The topological polar surface area (TPSA) is 26.0 Å². The van der Waals surface area contributed by atoms with Gasteiger partial charge in [0, 0.05) is 6.04 Å². The Morgan fingerprint density at radius 1 is 1.18 bits per heavy atom. The van der Waals surface area contributed by atoms with Crippen LogP contribution in [-0.4, -0.2) is 6.04 Å². The van der Waals surface area contributed by atoms with Gasteiger partial charge in [-0.1, -0.05) is 42.6 Å². The van der Waals surface area contributed by atoms with E-state index in [1.165, 1.54) is 43.3 Å². The van der Waals surface area contributed by atoms with Crippen LogP contribution >= 0.6 is 0 Å². The normalized spacial score (nSPS) is 20.1. The summed E-state index contributed by atoms with van der Waals surface area (Å²) < 4.78 is 0. The van der Waals surface area contributed by atoms with E-state index < -0.39 is 0 Å². The van der Waals surface area contributed by atoms with Gasteiger partial charge in [-0.15, -0.1) is 0 Å². The number of allylic oxidation sites excluding steroid dienone is 3. The average molecular weight is 235 g/mol. The van der Waals surface area contributed by atoms with Gasteiger partial charge in [0.05, 0.1) is 0 Å². The van der Waals surface area contributed by atoms with Crippen LogP contribution in [-0.2, 0) is 0 Å². The molecule has 1 saturated carbocycles. The van der Waals surface area contributed by atoms with Gasteiger partial charge >= 0.3 is 0 Å². The molecule has 0 amide bonds. The van der Waals surface area contributed by atoms with Crippen LogP contribution in [0.15, 0.2) is 23.3 Å². The van der Waals surface area contributed by atoms with Crippen molar-refractivity contribution in [1.29, 1.82) is 0 Å². The van der Waals surface area contributed by atoms with Crippen LogP contribution in [0.5, 0.6) is 0 Å². The van der Waals surface area contributed by atoms with E-state index in [9.17, 15) is 0 Å². The molecule has 98 valence electrons. The molecule has 1 atom stereocenters. The molecule has 0 heterocycles. The third-order valence-electron chi connectivity index (χ3n) is 3.76. The van der Waals surface area contributed by atoms with Crippen molar-refractivity contribution in [2.24, 2.45) is 11.7 Å². The van der Waals surface area contributed by atoms with Crippen molar-refractivity contribution >= 4 is 0 Å². The summed E-state index contributed by atoms with van der Waals surface area (Å²) in [5.74, 6) is 0.738. The lowest BCUT2D eigenvalue weighted by molar-refractivity contribution is 0.331. The number of hydrogen-bond donors (Lipinski definition) is 1. The monoisotopic (exact) mass is 235 g/mol. The minimum absolute atomic E-state index is 0.294. The molecule has 1 heteroatoms. The molecule has 0 radical (unpaired) electrons. The Labute approximate surface area is 107 Å². The molecule has 1 unspecified atom stereocenters. The van der Waals surface area contributed by atoms with Gasteiger partial charge in [-0.25, -0.2) is 0 Å². The minimum atomic E-state index is 0.294. The Morgan fingerprint density at radius 3 is 2.41 bits per heavy atom. The maximum atomic E-state index is 6.29. The summed E-state index contributed by atoms with van der Waals surface area (Å²) in [6, 6.07) is 0.294. The first-order valence-electron chi connectivity index (χ1n) is 7.16. The third-order valence-corrected chi connectivity index (χ3v) is 3.76. The molecule has 1 fully saturated rings. The van der Waals surface area contributed by atoms with Crippen LogP contribution in [0.4, 0.5) is 0 Å². The minimum Gasteiger partial charge on any atom is -0.324 e. The lowest BCUT2D eigenvalue weighted by Gasteiger charge is -2.26. The van der Waals surface area contributed by atoms with Crippen molar-refractivity contribution in [2.45, 2.75) is 71.8 Å². The Morgan fingerprint density at radius 2 is 1.82 bits per heavy atom. The standard InChI is InChI=1S/C16H29N/c1-13(2)8-7-9-14(3)12-16(17)15-10-5-4-6-11-15/h8,12,15-16H,4-7,9-11,17H2,1-3H3/b14-12+. The highest BCUT2D eigenvalue weighted by atomic mass is 14.6.